The molecule has 6 nitrogen and oxygen atoms in total. The maximum absolute atomic E-state index is 9.55. The number of benzene rings is 11. The third-order valence-corrected chi connectivity index (χ3v) is 16.4. The van der Waals surface area contributed by atoms with Crippen molar-refractivity contribution in [2.24, 2.45) is 0 Å². The van der Waals surface area contributed by atoms with E-state index in [4.69, 9.17) is 22.1 Å². The summed E-state index contributed by atoms with van der Waals surface area (Å²) < 4.78 is 115. The fraction of sp³-hybridized carbons (Fsp3) is 0.0769. The van der Waals surface area contributed by atoms with Crippen LogP contribution < -0.4 is 9.30 Å². The Morgan fingerprint density at radius 1 is 0.506 bits per heavy atom. The average Bonchev–Trinajstić information content (AvgIpc) is 1.50. The summed E-state index contributed by atoms with van der Waals surface area (Å²) in [5, 5.41) is 3.96. The topological polar surface area (TPSA) is 40.8 Å². The molecule has 0 unspecified atom stereocenters. The van der Waals surface area contributed by atoms with Crippen LogP contribution in [0.1, 0.15) is 52.5 Å². The minimum atomic E-state index is -2.77. The van der Waals surface area contributed by atoms with E-state index >= 15 is 0 Å². The number of aromatic nitrogens is 5. The van der Waals surface area contributed by atoms with Crippen molar-refractivity contribution in [2.45, 2.75) is 39.9 Å². The van der Waals surface area contributed by atoms with E-state index < -0.39 is 31.8 Å². The number of hydrogen-bond acceptors (Lipinski definition) is 2. The Hall–Kier alpha value is -9.87. The number of hydrogen-bond donors (Lipinski definition) is 0. The van der Waals surface area contributed by atoms with Crippen LogP contribution in [0, 0.1) is 32.2 Å². The van der Waals surface area contributed by atoms with Crippen molar-refractivity contribution in [3.8, 4) is 90.0 Å². The first-order chi connectivity index (χ1) is 45.6. The van der Waals surface area contributed by atoms with Crippen LogP contribution in [0.5, 0.6) is 11.5 Å². The number of para-hydroxylation sites is 4. The molecule has 4 aromatic heterocycles. The van der Waals surface area contributed by atoms with Crippen molar-refractivity contribution in [2.75, 3.05) is 0 Å². The van der Waals surface area contributed by atoms with Crippen LogP contribution in [-0.4, -0.2) is 18.7 Å². The summed E-state index contributed by atoms with van der Waals surface area (Å²) in [5.41, 5.74) is 11.3. The third kappa shape index (κ3) is 8.33. The molecule has 0 fully saturated rings. The quantitative estimate of drug-likeness (QED) is 0.118. The van der Waals surface area contributed by atoms with E-state index in [2.05, 4.69) is 90.8 Å². The fourth-order valence-electron chi connectivity index (χ4n) is 12.7. The van der Waals surface area contributed by atoms with Gasteiger partial charge in [0, 0.05) is 63.3 Å². The number of rotatable bonds is 7. The summed E-state index contributed by atoms with van der Waals surface area (Å²) in [7, 11) is 0. The van der Waals surface area contributed by atoms with Gasteiger partial charge in [0.15, 0.2) is 0 Å². The smallest absolute Gasteiger partial charge is 0.268 e. The van der Waals surface area contributed by atoms with Crippen molar-refractivity contribution in [1.82, 2.24) is 18.7 Å². The average molecular weight is 1280 g/mol. The van der Waals surface area contributed by atoms with E-state index in [1.54, 1.807) is 12.1 Å². The van der Waals surface area contributed by atoms with E-state index in [1.807, 2.05) is 149 Å². The van der Waals surface area contributed by atoms with Gasteiger partial charge in [0.1, 0.15) is 5.82 Å². The van der Waals surface area contributed by atoms with Gasteiger partial charge in [-0.05, 0) is 145 Å². The van der Waals surface area contributed by atoms with Gasteiger partial charge in [0.25, 0.3) is 6.33 Å². The Morgan fingerprint density at radius 3 is 1.85 bits per heavy atom. The molecule has 15 aromatic rings. The molecule has 0 aliphatic carbocycles. The number of nitrogens with zero attached hydrogens (tertiary/aromatic N) is 5. The number of pyridine rings is 1. The number of fused-ring (bicyclic) bond motifs is 13. The SMILES string of the molecule is [2H]c1c([2H])c([2H])c(-c2cccc3c2-c2cccc(-n4c5ccccc5c5ccccc54)c2-[n+]2[c-]n(-c4[c-]c(Oc5[c-]c6c(cc5)c5ccccc5n6-c5cc(C(C)(C)C)ccn5)ccc4)c4cc(-c5c(C([2H])([2H])[2H])cccc5C([2H])([2H])[2H])cc(c42)-c2ccccc2-3)c([2H])c1[2H].[Pt]. The Morgan fingerprint density at radius 2 is 1.12 bits per heavy atom. The van der Waals surface area contributed by atoms with Crippen molar-refractivity contribution >= 4 is 54.6 Å². The van der Waals surface area contributed by atoms with Crippen molar-refractivity contribution in [3.63, 3.8) is 0 Å². The zero-order chi connectivity index (χ0) is 65.7. The third-order valence-electron chi connectivity index (χ3n) is 16.4. The molecule has 0 saturated carbocycles. The molecule has 0 bridgehead atoms. The van der Waals surface area contributed by atoms with Crippen molar-refractivity contribution in [3.05, 3.63) is 278 Å². The summed E-state index contributed by atoms with van der Waals surface area (Å²) in [6.45, 7) is 0.986. The fourth-order valence-corrected chi connectivity index (χ4v) is 12.7. The number of imidazole rings is 1. The predicted molar refractivity (Wildman–Crippen MR) is 343 cm³/mol. The first-order valence-electron chi connectivity index (χ1n) is 33.4. The van der Waals surface area contributed by atoms with Gasteiger partial charge < -0.3 is 18.4 Å². The summed E-state index contributed by atoms with van der Waals surface area (Å²) >= 11 is 0. The van der Waals surface area contributed by atoms with E-state index in [9.17, 15) is 2.74 Å². The second-order valence-electron chi connectivity index (χ2n) is 22.3. The summed E-state index contributed by atoms with van der Waals surface area (Å²) in [6.07, 6.45) is 5.68. The number of aryl methyl sites for hydroxylation is 2. The van der Waals surface area contributed by atoms with Gasteiger partial charge in [0.05, 0.1) is 40.3 Å². The molecule has 0 atom stereocenters. The molecular weight excluding hydrogens is 1220 g/mol. The van der Waals surface area contributed by atoms with Gasteiger partial charge in [0.2, 0.25) is 0 Å². The Balaban J connectivity index is 0.00000756. The largest absolute Gasteiger partial charge is 0.510 e. The number of ether oxygens (including phenoxy) is 1. The second-order valence-corrected chi connectivity index (χ2v) is 22.3. The zero-order valence-corrected chi connectivity index (χ0v) is 48.4. The van der Waals surface area contributed by atoms with Gasteiger partial charge in [-0.2, -0.15) is 18.2 Å². The molecule has 0 saturated heterocycles. The van der Waals surface area contributed by atoms with Crippen LogP contribution in [0.25, 0.3) is 133 Å². The van der Waals surface area contributed by atoms with E-state index in [0.29, 0.717) is 84.1 Å². The standard InChI is InChI=1S/C78H55N5O.Pt/c1-49-21-17-22-50(2)74(49)52-43-66-59-28-10-9-27-58(59)64-33-19-32-57(51-23-7-6-8-24-51)75(64)65-34-20-38-70(82-67-35-14-11-29-60(67)61-30-12-15-36-68(61)82)76(65)81-48-80(72(44-52)77(66)81)54-25-18-26-55(46-54)84-56-39-40-63-62-31-13-16-37-69(62)83(71(63)47-56)73-45-53(41-42-79-73)78(3,4)5;/h6-45H,1-5H3;/q-2;/i1D3,2D3,6D,7D,8D,23D,24D;. The molecule has 5 heterocycles. The Labute approximate surface area is 523 Å². The molecule has 0 amide bonds. The van der Waals surface area contributed by atoms with Gasteiger partial charge in [-0.15, -0.1) is 29.7 Å². The van der Waals surface area contributed by atoms with Crippen molar-refractivity contribution in [1.29, 1.82) is 0 Å². The molecule has 7 heteroatoms. The van der Waals surface area contributed by atoms with E-state index in [1.165, 1.54) is 18.2 Å². The van der Waals surface area contributed by atoms with Crippen LogP contribution in [0.15, 0.2) is 243 Å². The first kappa shape index (κ1) is 41.2. The normalized spacial score (nSPS) is 14.1. The van der Waals surface area contributed by atoms with Crippen LogP contribution in [0.4, 0.5) is 0 Å². The van der Waals surface area contributed by atoms with Gasteiger partial charge in [-0.1, -0.05) is 190 Å². The van der Waals surface area contributed by atoms with Crippen molar-refractivity contribution < 1.29 is 45.4 Å². The summed E-state index contributed by atoms with van der Waals surface area (Å²) in [5.74, 6) is 1.46. The first-order valence-corrected chi connectivity index (χ1v) is 27.9. The van der Waals surface area contributed by atoms with E-state index in [-0.39, 0.29) is 60.8 Å². The Bertz CT molecular complexity index is 5640. The van der Waals surface area contributed by atoms with Crippen LogP contribution >= 0.6 is 0 Å². The summed E-state index contributed by atoms with van der Waals surface area (Å²) in [6, 6.07) is 70.4. The van der Waals surface area contributed by atoms with Gasteiger partial charge in [-0.3, -0.25) is 4.57 Å². The van der Waals surface area contributed by atoms with Crippen LogP contribution in [-0.2, 0) is 26.5 Å². The maximum Gasteiger partial charge on any atom is 0.268 e. The zero-order valence-electron chi connectivity index (χ0n) is 57.2. The Kier molecular flexibility index (Phi) is 9.78. The second kappa shape index (κ2) is 20.2. The molecule has 410 valence electrons. The molecule has 1 aliphatic heterocycles. The molecule has 0 N–H and O–H groups in total. The van der Waals surface area contributed by atoms with Crippen LogP contribution in [0.2, 0.25) is 0 Å². The van der Waals surface area contributed by atoms with Gasteiger partial charge >= 0.3 is 0 Å². The monoisotopic (exact) mass is 1280 g/mol. The summed E-state index contributed by atoms with van der Waals surface area (Å²) in [4.78, 5) is 4.89. The molecule has 85 heavy (non-hydrogen) atoms. The minimum Gasteiger partial charge on any atom is -0.510 e. The molecule has 0 spiro atoms. The molecule has 11 aromatic carbocycles. The minimum absolute atomic E-state index is 0. The van der Waals surface area contributed by atoms with E-state index in [0.717, 1.165) is 55.0 Å². The molecule has 0 radical (unpaired) electrons. The predicted octanol–water partition coefficient (Wildman–Crippen LogP) is 19.2. The molecule has 1 aliphatic rings. The molecule has 16 rings (SSSR count). The maximum atomic E-state index is 9.55. The van der Waals surface area contributed by atoms with Crippen LogP contribution in [0.3, 0.4) is 0 Å². The molecular formula is C78H55N5OPt-2. The van der Waals surface area contributed by atoms with Gasteiger partial charge in [-0.25, -0.2) is 4.98 Å².